The van der Waals surface area contributed by atoms with Crippen molar-refractivity contribution in [3.05, 3.63) is 41.2 Å². The predicted molar refractivity (Wildman–Crippen MR) is 113 cm³/mol. The number of aliphatic hydroxyl groups excluding tert-OH is 2. The molecule has 1 spiro atoms. The Bertz CT molecular complexity index is 968. The molecule has 178 valence electrons. The molecule has 0 radical (unpaired) electrons. The topological polar surface area (TPSA) is 142 Å². The normalized spacial score (nSPS) is 28.0. The second kappa shape index (κ2) is 9.84. The van der Waals surface area contributed by atoms with E-state index in [2.05, 4.69) is 4.72 Å². The highest BCUT2D eigenvalue weighted by molar-refractivity contribution is 7.93. The first-order chi connectivity index (χ1) is 15.1. The van der Waals surface area contributed by atoms with Gasteiger partial charge in [-0.2, -0.15) is 0 Å². The molecule has 0 amide bonds. The molecule has 1 aromatic carbocycles. The number of carboxylic acid groups (broad SMARTS) is 1. The van der Waals surface area contributed by atoms with E-state index >= 15 is 0 Å². The molecule has 3 atom stereocenters. The second-order valence-corrected chi connectivity index (χ2v) is 9.84. The van der Waals surface area contributed by atoms with Gasteiger partial charge in [0.15, 0.2) is 5.79 Å². The summed E-state index contributed by atoms with van der Waals surface area (Å²) < 4.78 is 53.7. The smallest absolute Gasteiger partial charge is 0.332 e. The minimum Gasteiger partial charge on any atom is -0.478 e. The maximum atomic E-state index is 13.7. The summed E-state index contributed by atoms with van der Waals surface area (Å²) in [4.78, 5) is 11.9. The molecule has 3 unspecified atom stereocenters. The summed E-state index contributed by atoms with van der Waals surface area (Å²) in [5, 5.41) is 27.2. The average molecular weight is 474 g/mol. The zero-order valence-electron chi connectivity index (χ0n) is 17.7. The highest BCUT2D eigenvalue weighted by atomic mass is 32.2. The lowest BCUT2D eigenvalue weighted by molar-refractivity contribution is -0.153. The van der Waals surface area contributed by atoms with Crippen molar-refractivity contribution in [1.82, 2.24) is 0 Å². The summed E-state index contributed by atoms with van der Waals surface area (Å²) in [6, 6.07) is 3.73. The fourth-order valence-corrected chi connectivity index (χ4v) is 5.64. The molecular weight excluding hydrogens is 445 g/mol. The van der Waals surface area contributed by atoms with E-state index in [1.54, 1.807) is 0 Å². The Balaban J connectivity index is 1.90. The maximum Gasteiger partial charge on any atom is 0.332 e. The number of halogens is 1. The van der Waals surface area contributed by atoms with Crippen LogP contribution in [0.2, 0.25) is 0 Å². The van der Waals surface area contributed by atoms with E-state index in [1.807, 2.05) is 6.92 Å². The summed E-state index contributed by atoms with van der Waals surface area (Å²) in [5.74, 6) is -3.48. The van der Waals surface area contributed by atoms with Crippen molar-refractivity contribution in [3.63, 3.8) is 0 Å². The highest BCUT2D eigenvalue weighted by Crippen LogP contribution is 2.41. The number of hydrogen-bond donors (Lipinski definition) is 4. The van der Waals surface area contributed by atoms with Gasteiger partial charge >= 0.3 is 5.97 Å². The van der Waals surface area contributed by atoms with Crippen molar-refractivity contribution >= 4 is 21.7 Å². The average Bonchev–Trinajstić information content (AvgIpc) is 3.10. The SMILES string of the molecule is CCCCc1cc(F)ccc1NS(=O)(=O)C1CCC2(C=C1C(=O)O)OC(CO)C(CO)O2. The van der Waals surface area contributed by atoms with Crippen LogP contribution < -0.4 is 4.72 Å². The van der Waals surface area contributed by atoms with E-state index in [4.69, 9.17) is 9.47 Å². The highest BCUT2D eigenvalue weighted by Gasteiger charge is 2.51. The first-order valence-corrected chi connectivity index (χ1v) is 12.0. The third-order valence-electron chi connectivity index (χ3n) is 5.69. The van der Waals surface area contributed by atoms with Crippen LogP contribution in [-0.2, 0) is 30.7 Å². The zero-order valence-corrected chi connectivity index (χ0v) is 18.5. The van der Waals surface area contributed by atoms with Crippen LogP contribution in [0.25, 0.3) is 0 Å². The molecule has 1 aliphatic carbocycles. The Kier molecular flexibility index (Phi) is 7.56. The summed E-state index contributed by atoms with van der Waals surface area (Å²) in [6.45, 7) is 1.07. The number of carboxylic acids is 1. The quantitative estimate of drug-likeness (QED) is 0.423. The molecule has 11 heteroatoms. The van der Waals surface area contributed by atoms with Crippen molar-refractivity contribution in [2.75, 3.05) is 17.9 Å². The standard InChI is InChI=1S/C21H28FNO8S/c1-2-3-4-13-9-14(22)5-6-16(13)23-32(28,29)19-7-8-21(10-15(19)20(26)27)30-17(11-24)18(12-25)31-21/h5-6,9-10,17-19,23-25H,2-4,7-8,11-12H2,1H3,(H,26,27). The third kappa shape index (κ3) is 5.12. The molecular formula is C21H28FNO8S. The van der Waals surface area contributed by atoms with Gasteiger partial charge in [0, 0.05) is 6.42 Å². The second-order valence-electron chi connectivity index (χ2n) is 7.97. The summed E-state index contributed by atoms with van der Waals surface area (Å²) in [7, 11) is -4.21. The van der Waals surface area contributed by atoms with Crippen molar-refractivity contribution in [2.45, 2.75) is 62.3 Å². The lowest BCUT2D eigenvalue weighted by Crippen LogP contribution is -2.42. The van der Waals surface area contributed by atoms with Gasteiger partial charge in [-0.1, -0.05) is 13.3 Å². The Labute approximate surface area is 185 Å². The van der Waals surface area contributed by atoms with Crippen LogP contribution in [0.5, 0.6) is 0 Å². The lowest BCUT2D eigenvalue weighted by atomic mass is 9.94. The molecule has 9 nitrogen and oxygen atoms in total. The number of anilines is 1. The molecule has 4 N–H and O–H groups in total. The van der Waals surface area contributed by atoms with E-state index in [9.17, 15) is 32.9 Å². The monoisotopic (exact) mass is 473 g/mol. The van der Waals surface area contributed by atoms with Gasteiger partial charge < -0.3 is 24.8 Å². The molecule has 1 aliphatic heterocycles. The van der Waals surface area contributed by atoms with Gasteiger partial charge in [-0.25, -0.2) is 17.6 Å². The summed E-state index contributed by atoms with van der Waals surface area (Å²) >= 11 is 0. The minimum atomic E-state index is -4.21. The Morgan fingerprint density at radius 3 is 2.47 bits per heavy atom. The molecule has 32 heavy (non-hydrogen) atoms. The van der Waals surface area contributed by atoms with Gasteiger partial charge in [0.1, 0.15) is 23.3 Å². The van der Waals surface area contributed by atoms with E-state index in [1.165, 1.54) is 12.1 Å². The fraction of sp³-hybridized carbons (Fsp3) is 0.571. The molecule has 1 saturated heterocycles. The number of aryl methyl sites for hydroxylation is 1. The molecule has 2 aliphatic rings. The van der Waals surface area contributed by atoms with Gasteiger partial charge in [-0.3, -0.25) is 4.72 Å². The predicted octanol–water partition coefficient (Wildman–Crippen LogP) is 1.55. The van der Waals surface area contributed by atoms with Gasteiger partial charge in [0.2, 0.25) is 10.0 Å². The number of sulfonamides is 1. The van der Waals surface area contributed by atoms with Crippen LogP contribution in [0.15, 0.2) is 29.8 Å². The van der Waals surface area contributed by atoms with Gasteiger partial charge in [-0.15, -0.1) is 0 Å². The van der Waals surface area contributed by atoms with Crippen LogP contribution >= 0.6 is 0 Å². The van der Waals surface area contributed by atoms with Crippen molar-refractivity contribution in [2.24, 2.45) is 0 Å². The fourth-order valence-electron chi connectivity index (χ4n) is 4.06. The number of rotatable bonds is 9. The molecule has 0 saturated carbocycles. The van der Waals surface area contributed by atoms with Crippen molar-refractivity contribution in [1.29, 1.82) is 0 Å². The molecule has 1 aromatic rings. The lowest BCUT2D eigenvalue weighted by Gasteiger charge is -2.33. The molecule has 1 fully saturated rings. The van der Waals surface area contributed by atoms with Crippen LogP contribution in [0, 0.1) is 5.82 Å². The Morgan fingerprint density at radius 1 is 1.25 bits per heavy atom. The molecule has 0 bridgehead atoms. The molecule has 3 rings (SSSR count). The Hall–Kier alpha value is -2.05. The largest absolute Gasteiger partial charge is 0.478 e. The van der Waals surface area contributed by atoms with E-state index in [-0.39, 0.29) is 18.5 Å². The molecule has 0 aromatic heterocycles. The summed E-state index contributed by atoms with van der Waals surface area (Å²) in [5.41, 5.74) is 0.262. The number of benzene rings is 1. The Morgan fingerprint density at radius 2 is 1.91 bits per heavy atom. The number of unbranched alkanes of at least 4 members (excludes halogenated alkanes) is 1. The van der Waals surface area contributed by atoms with Gasteiger partial charge in [0.05, 0.1) is 24.5 Å². The molecule has 1 heterocycles. The number of ether oxygens (including phenoxy) is 2. The van der Waals surface area contributed by atoms with Crippen LogP contribution in [0.4, 0.5) is 10.1 Å². The maximum absolute atomic E-state index is 13.7. The van der Waals surface area contributed by atoms with E-state index in [0.717, 1.165) is 25.0 Å². The third-order valence-corrected chi connectivity index (χ3v) is 7.44. The zero-order chi connectivity index (χ0) is 23.5. The number of aliphatic hydroxyl groups is 2. The van der Waals surface area contributed by atoms with Crippen molar-refractivity contribution in [3.8, 4) is 0 Å². The van der Waals surface area contributed by atoms with Crippen LogP contribution in [-0.4, -0.2) is 66.2 Å². The van der Waals surface area contributed by atoms with Crippen molar-refractivity contribution < 1.29 is 42.4 Å². The van der Waals surface area contributed by atoms with Gasteiger partial charge in [0.25, 0.3) is 0 Å². The van der Waals surface area contributed by atoms with Crippen LogP contribution in [0.3, 0.4) is 0 Å². The van der Waals surface area contributed by atoms with Crippen LogP contribution in [0.1, 0.15) is 38.2 Å². The number of nitrogens with one attached hydrogen (secondary N) is 1. The minimum absolute atomic E-state index is 0.00840. The van der Waals surface area contributed by atoms with Gasteiger partial charge in [-0.05, 0) is 49.1 Å². The first kappa shape index (κ1) is 24.6. The number of carbonyl (C=O) groups is 1. The first-order valence-electron chi connectivity index (χ1n) is 10.5. The van der Waals surface area contributed by atoms with E-state index < -0.39 is 63.8 Å². The number of hydrogen-bond acceptors (Lipinski definition) is 7. The number of aliphatic carboxylic acids is 1. The summed E-state index contributed by atoms with van der Waals surface area (Å²) in [6.07, 6.45) is 1.29. The van der Waals surface area contributed by atoms with E-state index in [0.29, 0.717) is 12.0 Å².